The molecule has 1 spiro atoms. The van der Waals surface area contributed by atoms with Crippen LogP contribution in [0, 0.1) is 11.3 Å². The summed E-state index contributed by atoms with van der Waals surface area (Å²) in [4.78, 5) is 22.1. The van der Waals surface area contributed by atoms with Gasteiger partial charge in [0, 0.05) is 65.1 Å². The number of hydrogen-bond donors (Lipinski definition) is 1. The number of rotatable bonds is 8. The summed E-state index contributed by atoms with van der Waals surface area (Å²) in [7, 11) is 0. The van der Waals surface area contributed by atoms with E-state index < -0.39 is 17.7 Å². The van der Waals surface area contributed by atoms with Gasteiger partial charge in [-0.15, -0.1) is 0 Å². The second-order valence-corrected chi connectivity index (χ2v) is 12.7. The van der Waals surface area contributed by atoms with Gasteiger partial charge < -0.3 is 19.3 Å². The molecule has 0 bridgehead atoms. The molecule has 4 heterocycles. The maximum absolute atomic E-state index is 13.8. The molecule has 1 aromatic carbocycles. The van der Waals surface area contributed by atoms with E-state index in [9.17, 15) is 23.1 Å². The number of allylic oxidation sites excluding steroid dienone is 1. The van der Waals surface area contributed by atoms with Crippen LogP contribution in [0.3, 0.4) is 0 Å². The number of alkyl halides is 3. The highest BCUT2D eigenvalue weighted by Crippen LogP contribution is 2.54. The molecule has 3 aromatic heterocycles. The lowest BCUT2D eigenvalue weighted by atomic mass is 9.57. The van der Waals surface area contributed by atoms with Crippen molar-refractivity contribution in [3.63, 3.8) is 0 Å². The monoisotopic (exact) mass is 602 g/mol. The van der Waals surface area contributed by atoms with E-state index in [1.807, 2.05) is 24.3 Å². The zero-order chi connectivity index (χ0) is 30.2. The van der Waals surface area contributed by atoms with Crippen molar-refractivity contribution >= 4 is 28.6 Å². The second-order valence-electron chi connectivity index (χ2n) is 12.7. The van der Waals surface area contributed by atoms with Crippen molar-refractivity contribution in [2.24, 2.45) is 11.3 Å². The first-order valence-electron chi connectivity index (χ1n) is 14.9. The summed E-state index contributed by atoms with van der Waals surface area (Å²) in [5.74, 6) is 0.646. The molecule has 226 valence electrons. The lowest BCUT2D eigenvalue weighted by Gasteiger charge is -2.59. The summed E-state index contributed by atoms with van der Waals surface area (Å²) in [6.07, 6.45) is 7.77. The van der Waals surface area contributed by atoms with Crippen LogP contribution in [0.5, 0.6) is 5.75 Å². The molecule has 3 aliphatic carbocycles. The number of carboxylic acids is 1. The summed E-state index contributed by atoms with van der Waals surface area (Å²) < 4.78 is 52.9. The lowest BCUT2D eigenvalue weighted by molar-refractivity contribution is -0.137. The van der Waals surface area contributed by atoms with Gasteiger partial charge in [-0.3, -0.25) is 4.98 Å². The number of fused-ring (bicyclic) bond motifs is 1. The maximum atomic E-state index is 13.8. The fraction of sp³-hybridized carbons (Fsp3) is 0.394. The van der Waals surface area contributed by atoms with Crippen LogP contribution >= 0.6 is 0 Å². The molecule has 44 heavy (non-hydrogen) atoms. The quantitative estimate of drug-likeness (QED) is 0.223. The number of nitrogens with zero attached hydrogens (tertiary/aromatic N) is 4. The number of anilines is 1. The number of carbonyl (C=O) groups is 1. The number of aromatic carboxylic acids is 1. The maximum Gasteiger partial charge on any atom is 0.417 e. The first-order chi connectivity index (χ1) is 21.2. The van der Waals surface area contributed by atoms with Gasteiger partial charge in [0.15, 0.2) is 5.69 Å². The summed E-state index contributed by atoms with van der Waals surface area (Å²) in [5, 5.41) is 14.4. The van der Waals surface area contributed by atoms with Gasteiger partial charge in [0.2, 0.25) is 0 Å². The zero-order valence-corrected chi connectivity index (χ0v) is 23.7. The van der Waals surface area contributed by atoms with Gasteiger partial charge in [-0.05, 0) is 68.7 Å². The average Bonchev–Trinajstić information content (AvgIpc) is 3.90. The number of aromatic nitrogens is 3. The molecule has 0 radical (unpaired) electrons. The fourth-order valence-electron chi connectivity index (χ4n) is 6.71. The number of benzene rings is 1. The Morgan fingerprint density at radius 3 is 2.61 bits per heavy atom. The van der Waals surface area contributed by atoms with E-state index in [0.717, 1.165) is 75.0 Å². The Balaban J connectivity index is 0.976. The first-order valence-corrected chi connectivity index (χ1v) is 14.9. The van der Waals surface area contributed by atoms with Crippen LogP contribution in [0.15, 0.2) is 53.3 Å². The van der Waals surface area contributed by atoms with E-state index >= 15 is 0 Å². The zero-order valence-electron chi connectivity index (χ0n) is 23.7. The third-order valence-electron chi connectivity index (χ3n) is 9.22. The van der Waals surface area contributed by atoms with Gasteiger partial charge in [-0.1, -0.05) is 17.3 Å². The van der Waals surface area contributed by atoms with Crippen molar-refractivity contribution in [1.29, 1.82) is 0 Å². The van der Waals surface area contributed by atoms with Gasteiger partial charge in [0.1, 0.15) is 17.2 Å². The van der Waals surface area contributed by atoms with E-state index in [1.165, 1.54) is 12.3 Å². The van der Waals surface area contributed by atoms with E-state index in [-0.39, 0.29) is 34.4 Å². The van der Waals surface area contributed by atoms with E-state index in [4.69, 9.17) is 9.26 Å². The highest BCUT2D eigenvalue weighted by atomic mass is 19.4. The number of pyridine rings is 2. The third kappa shape index (κ3) is 4.88. The van der Waals surface area contributed by atoms with Crippen molar-refractivity contribution in [2.45, 2.75) is 56.7 Å². The molecule has 0 unspecified atom stereocenters. The normalized spacial score (nSPS) is 19.8. The Hall–Kier alpha value is -4.41. The van der Waals surface area contributed by atoms with Crippen molar-refractivity contribution < 1.29 is 32.3 Å². The fourth-order valence-corrected chi connectivity index (χ4v) is 6.71. The van der Waals surface area contributed by atoms with Crippen molar-refractivity contribution in [2.75, 3.05) is 18.0 Å². The minimum absolute atomic E-state index is 0.0267. The van der Waals surface area contributed by atoms with Gasteiger partial charge in [0.05, 0.1) is 17.2 Å². The number of halogens is 3. The SMILES string of the molecule is O=C(O)c1cc(OC2CC2)c2cc(N3CC4(CC(C=Cc5c(-c6cnccc6C(F)(F)F)noc5C5CC5)C4)C3)ccc2n1. The molecule has 11 heteroatoms. The van der Waals surface area contributed by atoms with E-state index in [2.05, 4.69) is 26.1 Å². The van der Waals surface area contributed by atoms with Crippen molar-refractivity contribution in [3.8, 4) is 17.0 Å². The van der Waals surface area contributed by atoms with Crippen LogP contribution in [0.2, 0.25) is 0 Å². The molecule has 8 rings (SSSR count). The highest BCUT2D eigenvalue weighted by molar-refractivity contribution is 5.94. The van der Waals surface area contributed by atoms with Gasteiger partial charge in [0.25, 0.3) is 0 Å². The van der Waals surface area contributed by atoms with E-state index in [1.54, 1.807) is 0 Å². The molecule has 1 aliphatic heterocycles. The molecule has 1 N–H and O–H groups in total. The van der Waals surface area contributed by atoms with Crippen molar-refractivity contribution in [3.05, 3.63) is 71.4 Å². The molecular weight excluding hydrogens is 573 g/mol. The van der Waals surface area contributed by atoms with Crippen LogP contribution in [0.4, 0.5) is 18.9 Å². The predicted molar refractivity (Wildman–Crippen MR) is 155 cm³/mol. The number of carboxylic acid groups (broad SMARTS) is 1. The van der Waals surface area contributed by atoms with Gasteiger partial charge >= 0.3 is 12.1 Å². The molecule has 4 aromatic rings. The van der Waals surface area contributed by atoms with Crippen molar-refractivity contribution in [1.82, 2.24) is 15.1 Å². The van der Waals surface area contributed by atoms with Crippen LogP contribution in [-0.2, 0) is 6.18 Å². The summed E-state index contributed by atoms with van der Waals surface area (Å²) >= 11 is 0. The number of hydrogen-bond acceptors (Lipinski definition) is 7. The van der Waals surface area contributed by atoms with Gasteiger partial charge in [-0.2, -0.15) is 13.2 Å². The van der Waals surface area contributed by atoms with Gasteiger partial charge in [-0.25, -0.2) is 9.78 Å². The molecule has 1 saturated heterocycles. The Kier molecular flexibility index (Phi) is 6.05. The molecular formula is C33H29F3N4O4. The average molecular weight is 603 g/mol. The highest BCUT2D eigenvalue weighted by Gasteiger charge is 2.51. The molecule has 4 aliphatic rings. The molecule has 3 saturated carbocycles. The van der Waals surface area contributed by atoms with E-state index in [0.29, 0.717) is 28.5 Å². The van der Waals surface area contributed by atoms with Crippen LogP contribution in [0.25, 0.3) is 28.2 Å². The predicted octanol–water partition coefficient (Wildman–Crippen LogP) is 7.35. The van der Waals surface area contributed by atoms with Crippen LogP contribution in [-0.4, -0.2) is 45.4 Å². The molecule has 0 atom stereocenters. The second kappa shape index (κ2) is 9.80. The Morgan fingerprint density at radius 1 is 1.11 bits per heavy atom. The Morgan fingerprint density at radius 2 is 1.91 bits per heavy atom. The largest absolute Gasteiger partial charge is 0.490 e. The number of ether oxygens (including phenoxy) is 1. The summed E-state index contributed by atoms with van der Waals surface area (Å²) in [5.41, 5.74) is 1.81. The lowest BCUT2D eigenvalue weighted by Crippen LogP contribution is -2.62. The topological polar surface area (TPSA) is 102 Å². The minimum Gasteiger partial charge on any atom is -0.490 e. The summed E-state index contributed by atoms with van der Waals surface area (Å²) in [6.45, 7) is 1.80. The Labute approximate surface area is 250 Å². The molecule has 4 fully saturated rings. The van der Waals surface area contributed by atoms with Crippen LogP contribution in [0.1, 0.15) is 71.8 Å². The third-order valence-corrected chi connectivity index (χ3v) is 9.22. The molecule has 0 amide bonds. The Bertz CT molecular complexity index is 1810. The molecule has 8 nitrogen and oxygen atoms in total. The summed E-state index contributed by atoms with van der Waals surface area (Å²) in [6, 6.07) is 8.36. The smallest absolute Gasteiger partial charge is 0.417 e. The minimum atomic E-state index is -4.52. The standard InChI is InChI=1S/C33H29F3N4O4/c34-33(35,36)25-9-10-37-15-24(25)29-22(30(44-39-29)19-2-3-19)7-1-18-13-32(14-18)16-40(17-32)20-4-8-26-23(11-20)28(43-21-5-6-21)12-27(38-26)31(41)42/h1,4,7-12,15,18-19,21H,2-3,5-6,13-14,16-17H2,(H,41,42). The van der Waals surface area contributed by atoms with Crippen LogP contribution < -0.4 is 9.64 Å². The first kappa shape index (κ1) is 27.2.